The van der Waals surface area contributed by atoms with Crippen LogP contribution in [0.4, 0.5) is 0 Å². The van der Waals surface area contributed by atoms with Gasteiger partial charge in [-0.2, -0.15) is 0 Å². The van der Waals surface area contributed by atoms with Crippen molar-refractivity contribution in [2.45, 2.75) is 64.0 Å². The van der Waals surface area contributed by atoms with E-state index in [1.807, 2.05) is 0 Å². The molecule has 2 fully saturated rings. The molecule has 0 N–H and O–H groups in total. The highest BCUT2D eigenvalue weighted by Gasteiger charge is 2.36. The summed E-state index contributed by atoms with van der Waals surface area (Å²) in [6.07, 6.45) is 12.6. The van der Waals surface area contributed by atoms with Gasteiger partial charge in [-0.25, -0.2) is 0 Å². The maximum absolute atomic E-state index is 2.80. The molecule has 0 aromatic rings. The third-order valence-electron chi connectivity index (χ3n) is 4.28. The minimum atomic E-state index is 0.836. The summed E-state index contributed by atoms with van der Waals surface area (Å²) >= 11 is 0. The first kappa shape index (κ1) is 8.82. The van der Waals surface area contributed by atoms with Crippen LogP contribution in [0.2, 0.25) is 0 Å². The number of hydrogen-bond donors (Lipinski definition) is 0. The molecule has 0 aromatic carbocycles. The predicted octanol–water partition coefficient (Wildman–Crippen LogP) is 3.32. The lowest BCUT2D eigenvalue weighted by molar-refractivity contribution is 0.0685. The van der Waals surface area contributed by atoms with E-state index in [0.29, 0.717) is 0 Å². The fourth-order valence-corrected chi connectivity index (χ4v) is 3.79. The molecule has 0 aromatic heterocycles. The number of rotatable bonds is 0. The number of hydrogen-bond acceptors (Lipinski definition) is 1. The first-order chi connectivity index (χ1) is 6.84. The third kappa shape index (κ3) is 1.29. The molecule has 14 heavy (non-hydrogen) atoms. The molecule has 1 nitrogen and oxygen atoms in total. The highest BCUT2D eigenvalue weighted by atomic mass is 15.2. The van der Waals surface area contributed by atoms with Crippen LogP contribution in [0.3, 0.4) is 0 Å². The first-order valence-corrected chi connectivity index (χ1v) is 6.33. The second-order valence-corrected chi connectivity index (χ2v) is 5.41. The topological polar surface area (TPSA) is 3.24 Å². The molecule has 0 spiro atoms. The molecule has 0 aliphatic carbocycles. The lowest BCUT2D eigenvalue weighted by Crippen LogP contribution is -2.50. The van der Waals surface area contributed by atoms with E-state index in [2.05, 4.69) is 17.9 Å². The van der Waals surface area contributed by atoms with E-state index < -0.39 is 0 Å². The van der Waals surface area contributed by atoms with Gasteiger partial charge in [-0.05, 0) is 50.9 Å². The lowest BCUT2D eigenvalue weighted by atomic mass is 9.80. The second kappa shape index (κ2) is 3.29. The molecule has 3 aliphatic rings. The summed E-state index contributed by atoms with van der Waals surface area (Å²) in [5, 5.41) is 0. The van der Waals surface area contributed by atoms with Crippen molar-refractivity contribution in [1.82, 2.24) is 4.90 Å². The molecule has 3 rings (SSSR count). The quantitative estimate of drug-likeness (QED) is 0.568. The average Bonchev–Trinajstić information content (AvgIpc) is 2.18. The fourth-order valence-electron chi connectivity index (χ4n) is 3.79. The summed E-state index contributed by atoms with van der Waals surface area (Å²) in [6.45, 7) is 2.39. The van der Waals surface area contributed by atoms with Crippen molar-refractivity contribution in [2.24, 2.45) is 5.92 Å². The summed E-state index contributed by atoms with van der Waals surface area (Å²) in [5.74, 6) is 0.836. The Morgan fingerprint density at radius 3 is 2.86 bits per heavy atom. The van der Waals surface area contributed by atoms with Gasteiger partial charge in [0.15, 0.2) is 0 Å². The molecule has 1 heteroatoms. The Morgan fingerprint density at radius 2 is 1.93 bits per heavy atom. The van der Waals surface area contributed by atoms with Gasteiger partial charge in [0.05, 0.1) is 0 Å². The van der Waals surface area contributed by atoms with E-state index >= 15 is 0 Å². The van der Waals surface area contributed by atoms with Gasteiger partial charge < -0.3 is 4.90 Å². The van der Waals surface area contributed by atoms with Crippen molar-refractivity contribution in [1.29, 1.82) is 0 Å². The highest BCUT2D eigenvalue weighted by Crippen LogP contribution is 2.41. The Bertz CT molecular complexity index is 254. The Balaban J connectivity index is 1.92. The smallest absolute Gasteiger partial charge is 0.0295 e. The maximum Gasteiger partial charge on any atom is 0.0295 e. The summed E-state index contributed by atoms with van der Waals surface area (Å²) < 4.78 is 0. The normalized spacial score (nSPS) is 41.6. The Morgan fingerprint density at radius 1 is 1.14 bits per heavy atom. The van der Waals surface area contributed by atoms with E-state index in [-0.39, 0.29) is 0 Å². The Hall–Kier alpha value is -0.460. The molecule has 3 atom stereocenters. The summed E-state index contributed by atoms with van der Waals surface area (Å²) in [7, 11) is 0. The molecular weight excluding hydrogens is 170 g/mol. The standard InChI is InChI=1S/C13H21N/c1-10-8-12-6-2-4-11-5-3-7-13(9-10)14(11)12/h8,10-11,13H,2-7,9H2,1H3/t10-,11+,13-/m0/s1. The summed E-state index contributed by atoms with van der Waals surface area (Å²) in [4.78, 5) is 2.80. The molecule has 2 saturated heterocycles. The van der Waals surface area contributed by atoms with Crippen molar-refractivity contribution >= 4 is 0 Å². The van der Waals surface area contributed by atoms with Gasteiger partial charge in [-0.3, -0.25) is 0 Å². The van der Waals surface area contributed by atoms with E-state index in [0.717, 1.165) is 18.0 Å². The van der Waals surface area contributed by atoms with Crippen LogP contribution in [0, 0.1) is 5.92 Å². The van der Waals surface area contributed by atoms with Gasteiger partial charge in [0, 0.05) is 17.8 Å². The van der Waals surface area contributed by atoms with Crippen molar-refractivity contribution in [3.8, 4) is 0 Å². The minimum absolute atomic E-state index is 0.836. The van der Waals surface area contributed by atoms with E-state index in [9.17, 15) is 0 Å². The van der Waals surface area contributed by atoms with E-state index in [1.54, 1.807) is 5.70 Å². The predicted molar refractivity (Wildman–Crippen MR) is 59.0 cm³/mol. The van der Waals surface area contributed by atoms with Gasteiger partial charge in [-0.15, -0.1) is 0 Å². The molecule has 0 unspecified atom stereocenters. The van der Waals surface area contributed by atoms with Crippen LogP contribution in [-0.2, 0) is 0 Å². The fraction of sp³-hybridized carbons (Fsp3) is 0.846. The minimum Gasteiger partial charge on any atom is -0.369 e. The van der Waals surface area contributed by atoms with Crippen LogP contribution in [0.1, 0.15) is 51.9 Å². The Kier molecular flexibility index (Phi) is 2.07. The van der Waals surface area contributed by atoms with Crippen LogP contribution in [-0.4, -0.2) is 17.0 Å². The molecule has 0 saturated carbocycles. The monoisotopic (exact) mass is 191 g/mol. The molecule has 3 heterocycles. The number of piperidine rings is 2. The zero-order chi connectivity index (χ0) is 9.54. The molecular formula is C13H21N. The molecule has 0 radical (unpaired) electrons. The average molecular weight is 191 g/mol. The van der Waals surface area contributed by atoms with Crippen molar-refractivity contribution in [3.05, 3.63) is 11.8 Å². The van der Waals surface area contributed by atoms with Crippen LogP contribution >= 0.6 is 0 Å². The number of allylic oxidation sites excluding steroid dienone is 2. The van der Waals surface area contributed by atoms with Gasteiger partial charge in [0.2, 0.25) is 0 Å². The largest absolute Gasteiger partial charge is 0.369 e. The van der Waals surface area contributed by atoms with Crippen LogP contribution in [0.15, 0.2) is 11.8 Å². The van der Waals surface area contributed by atoms with Gasteiger partial charge in [-0.1, -0.05) is 13.0 Å². The van der Waals surface area contributed by atoms with Crippen LogP contribution in [0.5, 0.6) is 0 Å². The van der Waals surface area contributed by atoms with Crippen molar-refractivity contribution in [3.63, 3.8) is 0 Å². The zero-order valence-corrected chi connectivity index (χ0v) is 9.21. The molecule has 0 amide bonds. The van der Waals surface area contributed by atoms with Crippen LogP contribution < -0.4 is 0 Å². The molecule has 78 valence electrons. The van der Waals surface area contributed by atoms with Crippen molar-refractivity contribution < 1.29 is 0 Å². The van der Waals surface area contributed by atoms with Gasteiger partial charge >= 0.3 is 0 Å². The van der Waals surface area contributed by atoms with Gasteiger partial charge in [0.25, 0.3) is 0 Å². The third-order valence-corrected chi connectivity index (χ3v) is 4.28. The molecule has 3 aliphatic heterocycles. The Labute approximate surface area is 87.2 Å². The van der Waals surface area contributed by atoms with Crippen molar-refractivity contribution in [2.75, 3.05) is 0 Å². The highest BCUT2D eigenvalue weighted by molar-refractivity contribution is 5.14. The first-order valence-electron chi connectivity index (χ1n) is 6.33. The lowest BCUT2D eigenvalue weighted by Gasteiger charge is -2.51. The molecule has 0 bridgehead atoms. The maximum atomic E-state index is 2.80. The van der Waals surface area contributed by atoms with Crippen LogP contribution in [0.25, 0.3) is 0 Å². The second-order valence-electron chi connectivity index (χ2n) is 5.41. The number of nitrogens with zero attached hydrogens (tertiary/aromatic N) is 1. The van der Waals surface area contributed by atoms with E-state index in [1.165, 1.54) is 44.9 Å². The SMILES string of the molecule is C[C@H]1C=C2CCC[C@@H]3CCC[C@@H](C1)N23. The summed E-state index contributed by atoms with van der Waals surface area (Å²) in [5.41, 5.74) is 1.70. The van der Waals surface area contributed by atoms with E-state index in [4.69, 9.17) is 0 Å². The summed E-state index contributed by atoms with van der Waals surface area (Å²) in [6, 6.07) is 1.82. The van der Waals surface area contributed by atoms with Gasteiger partial charge in [0.1, 0.15) is 0 Å². The zero-order valence-electron chi connectivity index (χ0n) is 9.21.